The Kier molecular flexibility index (Phi) is 4.31. The van der Waals surface area contributed by atoms with Gasteiger partial charge in [0.2, 0.25) is 0 Å². The summed E-state index contributed by atoms with van der Waals surface area (Å²) in [6.45, 7) is 1.62. The minimum absolute atomic E-state index is 0.168. The second-order valence-electron chi connectivity index (χ2n) is 5.62. The second-order valence-corrected chi connectivity index (χ2v) is 5.62. The van der Waals surface area contributed by atoms with E-state index in [1.54, 1.807) is 19.1 Å². The van der Waals surface area contributed by atoms with Gasteiger partial charge in [-0.25, -0.2) is 8.78 Å². The molecule has 1 amide bonds. The number of amides is 1. The molecule has 0 saturated heterocycles. The third-order valence-corrected chi connectivity index (χ3v) is 3.94. The number of nitrogens with one attached hydrogen (secondary N) is 2. The Morgan fingerprint density at radius 3 is 2.58 bits per heavy atom. The fourth-order valence-electron chi connectivity index (χ4n) is 2.63. The Bertz CT molecular complexity index is 874. The van der Waals surface area contributed by atoms with E-state index >= 15 is 0 Å². The van der Waals surface area contributed by atoms with E-state index in [2.05, 4.69) is 10.3 Å². The fraction of sp³-hybridized carbons (Fsp3) is 0.167. The van der Waals surface area contributed by atoms with Gasteiger partial charge in [0.25, 0.3) is 5.91 Å². The Hall–Kier alpha value is -2.73. The SMILES string of the molecule is CC(NC(=O)c1c[nH]c2cccc(F)c12)C(O)c1ccc(F)cc1. The Morgan fingerprint density at radius 1 is 1.17 bits per heavy atom. The minimum atomic E-state index is -1.01. The smallest absolute Gasteiger partial charge is 0.253 e. The molecule has 0 saturated carbocycles. The molecule has 24 heavy (non-hydrogen) atoms. The van der Waals surface area contributed by atoms with Crippen LogP contribution in [-0.2, 0) is 0 Å². The molecule has 0 aliphatic rings. The van der Waals surface area contributed by atoms with Crippen molar-refractivity contribution in [1.29, 1.82) is 0 Å². The van der Waals surface area contributed by atoms with E-state index in [0.29, 0.717) is 11.1 Å². The van der Waals surface area contributed by atoms with Gasteiger partial charge < -0.3 is 15.4 Å². The molecule has 3 rings (SSSR count). The van der Waals surface area contributed by atoms with Crippen LogP contribution in [0.25, 0.3) is 10.9 Å². The first kappa shape index (κ1) is 16.1. The number of carbonyl (C=O) groups is 1. The number of H-pyrrole nitrogens is 1. The van der Waals surface area contributed by atoms with E-state index in [0.717, 1.165) is 0 Å². The van der Waals surface area contributed by atoms with Crippen molar-refractivity contribution in [2.45, 2.75) is 19.1 Å². The monoisotopic (exact) mass is 330 g/mol. The van der Waals surface area contributed by atoms with Crippen molar-refractivity contribution in [3.8, 4) is 0 Å². The van der Waals surface area contributed by atoms with Crippen LogP contribution in [0.2, 0.25) is 0 Å². The van der Waals surface area contributed by atoms with Crippen LogP contribution in [0.15, 0.2) is 48.7 Å². The summed E-state index contributed by atoms with van der Waals surface area (Å²) in [5.41, 5.74) is 1.17. The Balaban J connectivity index is 1.79. The molecular weight excluding hydrogens is 314 g/mol. The van der Waals surface area contributed by atoms with Crippen molar-refractivity contribution in [2.24, 2.45) is 0 Å². The summed E-state index contributed by atoms with van der Waals surface area (Å²) in [6.07, 6.45) is 0.421. The number of rotatable bonds is 4. The average Bonchev–Trinajstić information content (AvgIpc) is 3.00. The predicted molar refractivity (Wildman–Crippen MR) is 86.5 cm³/mol. The van der Waals surface area contributed by atoms with Crippen LogP contribution in [0, 0.1) is 11.6 Å². The second kappa shape index (κ2) is 6.41. The van der Waals surface area contributed by atoms with Crippen molar-refractivity contribution in [3.63, 3.8) is 0 Å². The highest BCUT2D eigenvalue weighted by molar-refractivity contribution is 6.07. The first-order chi connectivity index (χ1) is 11.5. The standard InChI is InChI=1S/C18H16F2N2O2/c1-10(17(23)11-5-7-12(19)8-6-11)22-18(24)13-9-21-15-4-2-3-14(20)16(13)15/h2-10,17,21,23H,1H3,(H,22,24). The van der Waals surface area contributed by atoms with Gasteiger partial charge in [-0.1, -0.05) is 18.2 Å². The number of aliphatic hydroxyl groups is 1. The van der Waals surface area contributed by atoms with E-state index < -0.39 is 29.7 Å². The molecule has 3 N–H and O–H groups in total. The largest absolute Gasteiger partial charge is 0.386 e. The lowest BCUT2D eigenvalue weighted by molar-refractivity contribution is 0.0853. The Morgan fingerprint density at radius 2 is 1.88 bits per heavy atom. The number of hydrogen-bond donors (Lipinski definition) is 3. The summed E-state index contributed by atoms with van der Waals surface area (Å²) in [7, 11) is 0. The molecule has 0 aliphatic carbocycles. The third-order valence-electron chi connectivity index (χ3n) is 3.94. The lowest BCUT2D eigenvalue weighted by Gasteiger charge is -2.20. The minimum Gasteiger partial charge on any atom is -0.386 e. The van der Waals surface area contributed by atoms with E-state index in [9.17, 15) is 18.7 Å². The zero-order valence-corrected chi connectivity index (χ0v) is 12.9. The number of aliphatic hydroxyl groups excluding tert-OH is 1. The lowest BCUT2D eigenvalue weighted by atomic mass is 10.0. The molecule has 0 radical (unpaired) electrons. The fourth-order valence-corrected chi connectivity index (χ4v) is 2.63. The molecule has 1 heterocycles. The van der Waals surface area contributed by atoms with Crippen molar-refractivity contribution in [2.75, 3.05) is 0 Å². The van der Waals surface area contributed by atoms with Crippen molar-refractivity contribution in [3.05, 3.63) is 71.4 Å². The molecule has 0 aliphatic heterocycles. The van der Waals surface area contributed by atoms with Crippen molar-refractivity contribution < 1.29 is 18.7 Å². The topological polar surface area (TPSA) is 65.1 Å². The van der Waals surface area contributed by atoms with E-state index in [1.807, 2.05) is 0 Å². The first-order valence-corrected chi connectivity index (χ1v) is 7.47. The van der Waals surface area contributed by atoms with Crippen molar-refractivity contribution >= 4 is 16.8 Å². The number of carbonyl (C=O) groups excluding carboxylic acids is 1. The number of aromatic nitrogens is 1. The number of aromatic amines is 1. The molecule has 1 aromatic heterocycles. The average molecular weight is 330 g/mol. The highest BCUT2D eigenvalue weighted by atomic mass is 19.1. The molecule has 0 bridgehead atoms. The summed E-state index contributed by atoms with van der Waals surface area (Å²) in [5, 5.41) is 13.1. The lowest BCUT2D eigenvalue weighted by Crippen LogP contribution is -2.37. The Labute approximate surface area is 137 Å². The summed E-state index contributed by atoms with van der Waals surface area (Å²) in [6, 6.07) is 9.25. The van der Waals surface area contributed by atoms with Gasteiger partial charge in [-0.05, 0) is 36.8 Å². The van der Waals surface area contributed by atoms with E-state index in [4.69, 9.17) is 0 Å². The maximum atomic E-state index is 14.0. The van der Waals surface area contributed by atoms with Gasteiger partial charge in [-0.15, -0.1) is 0 Å². The van der Waals surface area contributed by atoms with Crippen LogP contribution in [0.3, 0.4) is 0 Å². The normalized spacial score (nSPS) is 13.7. The van der Waals surface area contributed by atoms with Crippen molar-refractivity contribution in [1.82, 2.24) is 10.3 Å². The quantitative estimate of drug-likeness (QED) is 0.687. The van der Waals surface area contributed by atoms with Gasteiger partial charge in [-0.2, -0.15) is 0 Å². The highest BCUT2D eigenvalue weighted by Crippen LogP contribution is 2.22. The molecule has 124 valence electrons. The molecule has 2 unspecified atom stereocenters. The van der Waals surface area contributed by atoms with Crippen LogP contribution in [0.1, 0.15) is 28.9 Å². The zero-order chi connectivity index (χ0) is 17.3. The van der Waals surface area contributed by atoms with Gasteiger partial charge in [-0.3, -0.25) is 4.79 Å². The molecule has 4 nitrogen and oxygen atoms in total. The van der Waals surface area contributed by atoms with Crippen LogP contribution < -0.4 is 5.32 Å². The summed E-state index contributed by atoms with van der Waals surface area (Å²) in [4.78, 5) is 15.2. The van der Waals surface area contributed by atoms with E-state index in [-0.39, 0.29) is 10.9 Å². The van der Waals surface area contributed by atoms with Gasteiger partial charge in [0.15, 0.2) is 0 Å². The predicted octanol–water partition coefficient (Wildman–Crippen LogP) is 3.30. The summed E-state index contributed by atoms with van der Waals surface area (Å²) < 4.78 is 26.9. The molecule has 2 atom stereocenters. The number of fused-ring (bicyclic) bond motifs is 1. The maximum absolute atomic E-state index is 14.0. The highest BCUT2D eigenvalue weighted by Gasteiger charge is 2.21. The van der Waals surface area contributed by atoms with Gasteiger partial charge >= 0.3 is 0 Å². The van der Waals surface area contributed by atoms with Crippen LogP contribution in [0.4, 0.5) is 8.78 Å². The maximum Gasteiger partial charge on any atom is 0.253 e. The van der Waals surface area contributed by atoms with E-state index in [1.165, 1.54) is 36.5 Å². The molecule has 0 spiro atoms. The molecular formula is C18H16F2N2O2. The van der Waals surface area contributed by atoms with Gasteiger partial charge in [0, 0.05) is 17.1 Å². The number of hydrogen-bond acceptors (Lipinski definition) is 2. The van der Waals surface area contributed by atoms with Gasteiger partial charge in [0.1, 0.15) is 11.6 Å². The zero-order valence-electron chi connectivity index (χ0n) is 12.9. The molecule has 6 heteroatoms. The number of halogens is 2. The molecule has 2 aromatic carbocycles. The van der Waals surface area contributed by atoms with Crippen LogP contribution >= 0.6 is 0 Å². The van der Waals surface area contributed by atoms with Crippen LogP contribution in [-0.4, -0.2) is 22.0 Å². The number of benzene rings is 2. The summed E-state index contributed by atoms with van der Waals surface area (Å²) >= 11 is 0. The summed E-state index contributed by atoms with van der Waals surface area (Å²) in [5.74, 6) is -1.40. The third kappa shape index (κ3) is 3.00. The molecule has 3 aromatic rings. The first-order valence-electron chi connectivity index (χ1n) is 7.47. The van der Waals surface area contributed by atoms with Gasteiger partial charge in [0.05, 0.1) is 17.7 Å². The van der Waals surface area contributed by atoms with Crippen LogP contribution in [0.5, 0.6) is 0 Å². The molecule has 0 fully saturated rings.